The third-order valence-corrected chi connectivity index (χ3v) is 6.43. The van der Waals surface area contributed by atoms with Crippen LogP contribution >= 0.6 is 0 Å². The maximum atomic E-state index is 12.5. The molecule has 1 aliphatic rings. The number of anilines is 2. The van der Waals surface area contributed by atoms with Gasteiger partial charge in [-0.3, -0.25) is 5.32 Å². The van der Waals surface area contributed by atoms with E-state index < -0.39 is 33.6 Å². The zero-order valence-corrected chi connectivity index (χ0v) is 18.7. The van der Waals surface area contributed by atoms with Crippen LogP contribution in [0.3, 0.4) is 0 Å². The fourth-order valence-corrected chi connectivity index (χ4v) is 4.85. The molecule has 3 N–H and O–H groups in total. The molecule has 2 aromatic rings. The average Bonchev–Trinajstić information content (AvgIpc) is 2.69. The number of hydrogen-bond donors (Lipinski definition) is 3. The van der Waals surface area contributed by atoms with Crippen LogP contribution in [0.15, 0.2) is 47.4 Å². The fourth-order valence-electron chi connectivity index (χ4n) is 3.25. The highest BCUT2D eigenvalue weighted by molar-refractivity contribution is 7.91. The Balaban J connectivity index is 1.79. The monoisotopic (exact) mass is 456 g/mol. The molecule has 1 heterocycles. The van der Waals surface area contributed by atoms with Crippen molar-refractivity contribution >= 4 is 33.3 Å². The number of urea groups is 1. The molecule has 0 saturated heterocycles. The third kappa shape index (κ3) is 5.76. The Morgan fingerprint density at radius 2 is 1.72 bits per heavy atom. The molecule has 0 unspecified atom stereocenters. The highest BCUT2D eigenvalue weighted by atomic mass is 32.2. The second-order valence-corrected chi connectivity index (χ2v) is 10.4. The Labute approximate surface area is 186 Å². The molecule has 2 aromatic carbocycles. The number of nitrogens with one attached hydrogen (secondary N) is 3. The van der Waals surface area contributed by atoms with Gasteiger partial charge in [-0.05, 0) is 75.2 Å². The van der Waals surface area contributed by atoms with Crippen molar-refractivity contribution in [2.45, 2.75) is 43.7 Å². The molecule has 10 heteroatoms. The predicted molar refractivity (Wildman–Crippen MR) is 119 cm³/mol. The standard InChI is InChI=1S/C22H24N4O5S/c1-22(2,3)31-21(28)25-16-8-9-19-17(12-16)18(10-11-32(19,29)30)26-20(27)24-15-6-4-14(13-23)5-7-15/h4-9,12,18H,10-11H2,1-3H3,(H,25,28)(H2,24,26,27)/t18-/m1/s1. The van der Waals surface area contributed by atoms with E-state index in [0.717, 1.165) is 0 Å². The number of hydrogen-bond acceptors (Lipinski definition) is 6. The van der Waals surface area contributed by atoms with Crippen LogP contribution in [0.4, 0.5) is 21.0 Å². The zero-order chi connectivity index (χ0) is 23.5. The molecular weight excluding hydrogens is 432 g/mol. The second-order valence-electron chi connectivity index (χ2n) is 8.33. The van der Waals surface area contributed by atoms with Crippen LogP contribution in [0.5, 0.6) is 0 Å². The summed E-state index contributed by atoms with van der Waals surface area (Å²) in [7, 11) is -3.50. The number of ether oxygens (including phenoxy) is 1. The average molecular weight is 457 g/mol. The molecule has 32 heavy (non-hydrogen) atoms. The topological polar surface area (TPSA) is 137 Å². The van der Waals surface area contributed by atoms with Crippen molar-refractivity contribution in [2.75, 3.05) is 16.4 Å². The Morgan fingerprint density at radius 3 is 2.34 bits per heavy atom. The second kappa shape index (κ2) is 8.88. The lowest BCUT2D eigenvalue weighted by Gasteiger charge is -2.27. The molecule has 1 atom stereocenters. The van der Waals surface area contributed by atoms with Crippen LogP contribution in [-0.2, 0) is 14.6 Å². The van der Waals surface area contributed by atoms with Crippen molar-refractivity contribution < 1.29 is 22.7 Å². The minimum atomic E-state index is -3.50. The molecule has 0 aliphatic carbocycles. The van der Waals surface area contributed by atoms with Gasteiger partial charge in [0.05, 0.1) is 28.3 Å². The number of amides is 3. The molecule has 0 saturated carbocycles. The number of nitriles is 1. The smallest absolute Gasteiger partial charge is 0.412 e. The van der Waals surface area contributed by atoms with Gasteiger partial charge in [-0.15, -0.1) is 0 Å². The molecule has 0 aromatic heterocycles. The maximum Gasteiger partial charge on any atom is 0.412 e. The molecule has 3 rings (SSSR count). The van der Waals surface area contributed by atoms with Crippen molar-refractivity contribution in [1.29, 1.82) is 5.26 Å². The van der Waals surface area contributed by atoms with Crippen LogP contribution in [0.2, 0.25) is 0 Å². The lowest BCUT2D eigenvalue weighted by molar-refractivity contribution is 0.0636. The van der Waals surface area contributed by atoms with Crippen molar-refractivity contribution in [3.63, 3.8) is 0 Å². The minimum Gasteiger partial charge on any atom is -0.444 e. The van der Waals surface area contributed by atoms with Crippen LogP contribution in [0.1, 0.15) is 44.4 Å². The van der Waals surface area contributed by atoms with E-state index >= 15 is 0 Å². The van der Waals surface area contributed by atoms with Crippen molar-refractivity contribution in [2.24, 2.45) is 0 Å². The summed E-state index contributed by atoms with van der Waals surface area (Å²) in [5, 5.41) is 16.9. The van der Waals surface area contributed by atoms with E-state index in [2.05, 4.69) is 16.0 Å². The van der Waals surface area contributed by atoms with Gasteiger partial charge in [0.2, 0.25) is 0 Å². The maximum absolute atomic E-state index is 12.5. The van der Waals surface area contributed by atoms with Crippen LogP contribution in [-0.4, -0.2) is 31.9 Å². The summed E-state index contributed by atoms with van der Waals surface area (Å²) in [6.45, 7) is 5.20. The first-order chi connectivity index (χ1) is 15.0. The quantitative estimate of drug-likeness (QED) is 0.639. The SMILES string of the molecule is CC(C)(C)OC(=O)Nc1ccc2c(c1)[C@H](NC(=O)Nc1ccc(C#N)cc1)CCS2(=O)=O. The molecule has 1 aliphatic heterocycles. The lowest BCUT2D eigenvalue weighted by atomic mass is 10.0. The Morgan fingerprint density at radius 1 is 1.06 bits per heavy atom. The highest BCUT2D eigenvalue weighted by Crippen LogP contribution is 2.34. The number of sulfone groups is 1. The van der Waals surface area contributed by atoms with Gasteiger partial charge in [-0.1, -0.05) is 0 Å². The molecular formula is C22H24N4O5S. The lowest BCUT2D eigenvalue weighted by Crippen LogP contribution is -2.36. The third-order valence-electron chi connectivity index (χ3n) is 4.62. The van der Waals surface area contributed by atoms with Gasteiger partial charge in [0, 0.05) is 11.4 Å². The Hall–Kier alpha value is -3.58. The van der Waals surface area contributed by atoms with E-state index in [9.17, 15) is 18.0 Å². The van der Waals surface area contributed by atoms with Gasteiger partial charge in [0.1, 0.15) is 5.60 Å². The van der Waals surface area contributed by atoms with Gasteiger partial charge in [0.15, 0.2) is 9.84 Å². The first-order valence-corrected chi connectivity index (χ1v) is 11.6. The van der Waals surface area contributed by atoms with Gasteiger partial charge in [0.25, 0.3) is 0 Å². The van der Waals surface area contributed by atoms with Gasteiger partial charge in [-0.2, -0.15) is 5.26 Å². The summed E-state index contributed by atoms with van der Waals surface area (Å²) >= 11 is 0. The van der Waals surface area contributed by atoms with Gasteiger partial charge in [-0.25, -0.2) is 18.0 Å². The normalized spacial score (nSPS) is 16.8. The molecule has 0 spiro atoms. The van der Waals surface area contributed by atoms with Gasteiger partial charge >= 0.3 is 12.1 Å². The largest absolute Gasteiger partial charge is 0.444 e. The number of fused-ring (bicyclic) bond motifs is 1. The molecule has 0 fully saturated rings. The molecule has 168 valence electrons. The summed E-state index contributed by atoms with van der Waals surface area (Å²) < 4.78 is 30.3. The van der Waals surface area contributed by atoms with Crippen molar-refractivity contribution in [1.82, 2.24) is 5.32 Å². The fraction of sp³-hybridized carbons (Fsp3) is 0.318. The molecule has 0 radical (unpaired) electrons. The Bertz CT molecular complexity index is 1180. The summed E-state index contributed by atoms with van der Waals surface area (Å²) in [5.41, 5.74) is 1.02. The van der Waals surface area contributed by atoms with Crippen molar-refractivity contribution in [3.05, 3.63) is 53.6 Å². The van der Waals surface area contributed by atoms with E-state index in [4.69, 9.17) is 10.00 Å². The minimum absolute atomic E-state index is 0.110. The summed E-state index contributed by atoms with van der Waals surface area (Å²) in [6, 6.07) is 11.7. The first kappa shape index (κ1) is 23.1. The number of carbonyl (C=O) groups excluding carboxylic acids is 2. The summed E-state index contributed by atoms with van der Waals surface area (Å²) in [5.74, 6) is -0.110. The Kier molecular flexibility index (Phi) is 6.41. The molecule has 9 nitrogen and oxygen atoms in total. The van der Waals surface area contributed by atoms with E-state index in [1.165, 1.54) is 18.2 Å². The van der Waals surface area contributed by atoms with E-state index in [1.54, 1.807) is 45.0 Å². The number of benzene rings is 2. The number of rotatable bonds is 3. The van der Waals surface area contributed by atoms with Crippen LogP contribution in [0, 0.1) is 11.3 Å². The number of nitrogens with zero attached hydrogens (tertiary/aromatic N) is 1. The predicted octanol–water partition coefficient (Wildman–Crippen LogP) is 3.95. The zero-order valence-electron chi connectivity index (χ0n) is 17.9. The molecule has 3 amide bonds. The van der Waals surface area contributed by atoms with Gasteiger partial charge < -0.3 is 15.4 Å². The van der Waals surface area contributed by atoms with E-state index in [-0.39, 0.29) is 17.1 Å². The van der Waals surface area contributed by atoms with Crippen LogP contribution in [0.25, 0.3) is 0 Å². The molecule has 0 bridgehead atoms. The van der Waals surface area contributed by atoms with E-state index in [0.29, 0.717) is 22.5 Å². The first-order valence-electron chi connectivity index (χ1n) is 9.91. The highest BCUT2D eigenvalue weighted by Gasteiger charge is 2.31. The van der Waals surface area contributed by atoms with E-state index in [1.807, 2.05) is 6.07 Å². The van der Waals surface area contributed by atoms with Crippen LogP contribution < -0.4 is 16.0 Å². The van der Waals surface area contributed by atoms with Crippen molar-refractivity contribution in [3.8, 4) is 6.07 Å². The summed E-state index contributed by atoms with van der Waals surface area (Å²) in [6.07, 6.45) is -0.481. The summed E-state index contributed by atoms with van der Waals surface area (Å²) in [4.78, 5) is 24.7. The number of carbonyl (C=O) groups is 2.